The largest absolute Gasteiger partial charge is 0.574 e. The van der Waals surface area contributed by atoms with Crippen LogP contribution in [0, 0.1) is 3.57 Å². The molecule has 0 atom stereocenters. The van der Waals surface area contributed by atoms with E-state index in [2.05, 4.69) is 25.7 Å². The van der Waals surface area contributed by atoms with Crippen LogP contribution in [0.4, 0.5) is 13.2 Å². The first-order valence-corrected chi connectivity index (χ1v) is 6.12. The van der Waals surface area contributed by atoms with Crippen LogP contribution in [0.3, 0.4) is 0 Å². The number of halogens is 5. The van der Waals surface area contributed by atoms with Gasteiger partial charge in [0.1, 0.15) is 5.75 Å². The summed E-state index contributed by atoms with van der Waals surface area (Å²) in [4.78, 5) is 3.71. The smallest absolute Gasteiger partial charge is 0.495 e. The second-order valence-corrected chi connectivity index (χ2v) is 4.24. The Morgan fingerprint density at radius 3 is 2.56 bits per heavy atom. The highest BCUT2D eigenvalue weighted by Crippen LogP contribution is 2.31. The Morgan fingerprint density at radius 1 is 1.50 bits per heavy atom. The quantitative estimate of drug-likeness (QED) is 0.563. The van der Waals surface area contributed by atoms with E-state index in [1.165, 1.54) is 7.11 Å². The van der Waals surface area contributed by atoms with Gasteiger partial charge in [-0.1, -0.05) is 15.9 Å². The number of rotatable bonds is 3. The monoisotopic (exact) mass is 411 g/mol. The Kier molecular flexibility index (Phi) is 4.65. The maximum atomic E-state index is 12.0. The lowest BCUT2D eigenvalue weighted by molar-refractivity contribution is -0.276. The number of hydrogen-bond donors (Lipinski definition) is 0. The molecule has 3 nitrogen and oxygen atoms in total. The molecule has 0 aromatic carbocycles. The van der Waals surface area contributed by atoms with Gasteiger partial charge in [-0.15, -0.1) is 13.2 Å². The lowest BCUT2D eigenvalue weighted by Gasteiger charge is -2.12. The standard InChI is InChI=1S/C8H6BrF3INO2/c1-15-5-2-6(16-8(10,11)12)14-4(3-9)7(5)13/h2H,3H2,1H3. The fraction of sp³-hybridized carbons (Fsp3) is 0.375. The summed E-state index contributed by atoms with van der Waals surface area (Å²) in [6.07, 6.45) is -4.76. The lowest BCUT2D eigenvalue weighted by atomic mass is 10.3. The Bertz CT molecular complexity index is 361. The van der Waals surface area contributed by atoms with Gasteiger partial charge in [0.2, 0.25) is 5.88 Å². The summed E-state index contributed by atoms with van der Waals surface area (Å²) in [6.45, 7) is 0. The number of alkyl halides is 4. The van der Waals surface area contributed by atoms with Gasteiger partial charge in [-0.05, 0) is 22.6 Å². The molecule has 0 unspecified atom stereocenters. The van der Waals surface area contributed by atoms with Gasteiger partial charge >= 0.3 is 6.36 Å². The van der Waals surface area contributed by atoms with Crippen molar-refractivity contribution in [2.24, 2.45) is 0 Å². The molecule has 1 heterocycles. The number of ether oxygens (including phenoxy) is 2. The highest BCUT2D eigenvalue weighted by molar-refractivity contribution is 14.1. The summed E-state index contributed by atoms with van der Waals surface area (Å²) < 4.78 is 45.3. The number of hydrogen-bond acceptors (Lipinski definition) is 3. The predicted molar refractivity (Wildman–Crippen MR) is 62.8 cm³/mol. The van der Waals surface area contributed by atoms with E-state index < -0.39 is 12.2 Å². The molecule has 1 aromatic heterocycles. The van der Waals surface area contributed by atoms with Gasteiger partial charge in [0, 0.05) is 11.4 Å². The van der Waals surface area contributed by atoms with Crippen molar-refractivity contribution in [3.05, 3.63) is 15.3 Å². The van der Waals surface area contributed by atoms with Crippen molar-refractivity contribution in [2.75, 3.05) is 7.11 Å². The second kappa shape index (κ2) is 5.39. The first-order chi connectivity index (χ1) is 7.37. The molecule has 0 aliphatic carbocycles. The molecule has 1 aromatic rings. The highest BCUT2D eigenvalue weighted by Gasteiger charge is 2.32. The molecule has 0 aliphatic heterocycles. The van der Waals surface area contributed by atoms with Crippen LogP contribution < -0.4 is 9.47 Å². The molecule has 0 radical (unpaired) electrons. The fourth-order valence-corrected chi connectivity index (χ4v) is 2.56. The van der Waals surface area contributed by atoms with Crippen molar-refractivity contribution < 1.29 is 22.6 Å². The summed E-state index contributed by atoms with van der Waals surface area (Å²) in [5.74, 6) is -0.233. The Morgan fingerprint density at radius 2 is 2.12 bits per heavy atom. The molecule has 0 fully saturated rings. The maximum Gasteiger partial charge on any atom is 0.574 e. The van der Waals surface area contributed by atoms with E-state index in [9.17, 15) is 13.2 Å². The van der Waals surface area contributed by atoms with E-state index in [0.29, 0.717) is 20.3 Å². The van der Waals surface area contributed by atoms with Crippen molar-refractivity contribution in [1.82, 2.24) is 4.98 Å². The molecule has 16 heavy (non-hydrogen) atoms. The normalized spacial score (nSPS) is 11.4. The van der Waals surface area contributed by atoms with Crippen molar-refractivity contribution in [1.29, 1.82) is 0 Å². The SMILES string of the molecule is COc1cc(OC(F)(F)F)nc(CBr)c1I. The summed E-state index contributed by atoms with van der Waals surface area (Å²) in [6, 6.07) is 1.10. The third kappa shape index (κ3) is 3.65. The number of nitrogens with zero attached hydrogens (tertiary/aromatic N) is 1. The molecule has 0 N–H and O–H groups in total. The van der Waals surface area contributed by atoms with E-state index in [4.69, 9.17) is 4.74 Å². The average molecular weight is 412 g/mol. The van der Waals surface area contributed by atoms with Crippen LogP contribution >= 0.6 is 38.5 Å². The van der Waals surface area contributed by atoms with Crippen LogP contribution in [0.25, 0.3) is 0 Å². The van der Waals surface area contributed by atoms with E-state index in [1.807, 2.05) is 22.6 Å². The molecule has 0 saturated heterocycles. The molecule has 8 heteroatoms. The zero-order valence-electron chi connectivity index (χ0n) is 7.94. The van der Waals surface area contributed by atoms with Crippen molar-refractivity contribution >= 4 is 38.5 Å². The minimum atomic E-state index is -4.76. The summed E-state index contributed by atoms with van der Waals surface area (Å²) >= 11 is 5.07. The first-order valence-electron chi connectivity index (χ1n) is 3.92. The zero-order chi connectivity index (χ0) is 12.3. The van der Waals surface area contributed by atoms with Gasteiger partial charge in [-0.2, -0.15) is 0 Å². The fourth-order valence-electron chi connectivity index (χ4n) is 0.940. The number of pyridine rings is 1. The molecule has 0 saturated carbocycles. The second-order valence-electron chi connectivity index (χ2n) is 2.60. The molecular weight excluding hydrogens is 406 g/mol. The minimum Gasteiger partial charge on any atom is -0.495 e. The van der Waals surface area contributed by atoms with Crippen LogP contribution in [0.15, 0.2) is 6.07 Å². The van der Waals surface area contributed by atoms with Crippen LogP contribution in [-0.4, -0.2) is 18.5 Å². The Labute approximate surface area is 112 Å². The number of aromatic nitrogens is 1. The van der Waals surface area contributed by atoms with Crippen LogP contribution in [0.5, 0.6) is 11.6 Å². The van der Waals surface area contributed by atoms with Crippen LogP contribution in [-0.2, 0) is 5.33 Å². The average Bonchev–Trinajstić information content (AvgIpc) is 2.18. The molecule has 1 rings (SSSR count). The third-order valence-corrected chi connectivity index (χ3v) is 3.22. The van der Waals surface area contributed by atoms with Crippen LogP contribution in [0.1, 0.15) is 5.69 Å². The molecular formula is C8H6BrF3INO2. The third-order valence-electron chi connectivity index (χ3n) is 1.54. The number of methoxy groups -OCH3 is 1. The van der Waals surface area contributed by atoms with Crippen molar-refractivity contribution in [2.45, 2.75) is 11.7 Å². The van der Waals surface area contributed by atoms with E-state index >= 15 is 0 Å². The first kappa shape index (κ1) is 13.8. The molecule has 0 bridgehead atoms. The van der Waals surface area contributed by atoms with Gasteiger partial charge < -0.3 is 9.47 Å². The summed E-state index contributed by atoms with van der Waals surface area (Å²) in [5.41, 5.74) is 0.430. The Balaban J connectivity index is 3.12. The van der Waals surface area contributed by atoms with E-state index in [0.717, 1.165) is 6.07 Å². The minimum absolute atomic E-state index is 0.296. The van der Waals surface area contributed by atoms with Gasteiger partial charge in [-0.25, -0.2) is 4.98 Å². The van der Waals surface area contributed by atoms with Gasteiger partial charge in [-0.3, -0.25) is 0 Å². The van der Waals surface area contributed by atoms with Gasteiger partial charge in [0.15, 0.2) is 0 Å². The Hall–Kier alpha value is -0.250. The van der Waals surface area contributed by atoms with Crippen molar-refractivity contribution in [3.63, 3.8) is 0 Å². The zero-order valence-corrected chi connectivity index (χ0v) is 11.7. The predicted octanol–water partition coefficient (Wildman–Crippen LogP) is 3.49. The van der Waals surface area contributed by atoms with Gasteiger partial charge in [0.25, 0.3) is 0 Å². The van der Waals surface area contributed by atoms with E-state index in [-0.39, 0.29) is 0 Å². The topological polar surface area (TPSA) is 31.4 Å². The lowest BCUT2D eigenvalue weighted by Crippen LogP contribution is -2.18. The highest BCUT2D eigenvalue weighted by atomic mass is 127. The molecule has 90 valence electrons. The van der Waals surface area contributed by atoms with Gasteiger partial charge in [0.05, 0.1) is 16.4 Å². The maximum absolute atomic E-state index is 12.0. The van der Waals surface area contributed by atoms with Crippen molar-refractivity contribution in [3.8, 4) is 11.6 Å². The van der Waals surface area contributed by atoms with E-state index in [1.54, 1.807) is 0 Å². The molecule has 0 amide bonds. The molecule has 0 spiro atoms. The van der Waals surface area contributed by atoms with Crippen LogP contribution in [0.2, 0.25) is 0 Å². The summed E-state index contributed by atoms with van der Waals surface area (Å²) in [7, 11) is 1.37. The summed E-state index contributed by atoms with van der Waals surface area (Å²) in [5, 5.41) is 0.316. The molecule has 0 aliphatic rings.